The molecule has 0 bridgehead atoms. The number of likely N-dealkylation sites (tertiary alicyclic amines) is 1. The summed E-state index contributed by atoms with van der Waals surface area (Å²) in [5, 5.41) is 3.07. The molecular weight excluding hydrogens is 386 g/mol. The molecule has 31 heavy (non-hydrogen) atoms. The maximum atomic E-state index is 12.6. The first kappa shape index (κ1) is 22.0. The minimum atomic E-state index is 0.116. The smallest absolute Gasteiger partial charge is 0.224 e. The maximum absolute atomic E-state index is 12.6. The van der Waals surface area contributed by atoms with Crippen molar-refractivity contribution < 1.29 is 9.53 Å². The zero-order valence-electron chi connectivity index (χ0n) is 18.6. The second kappa shape index (κ2) is 10.9. The van der Waals surface area contributed by atoms with E-state index in [1.54, 1.807) is 0 Å². The number of aryl methyl sites for hydroxylation is 1. The van der Waals surface area contributed by atoms with Crippen molar-refractivity contribution in [1.82, 2.24) is 9.80 Å². The first-order valence-electron chi connectivity index (χ1n) is 11.6. The third kappa shape index (κ3) is 6.39. The van der Waals surface area contributed by atoms with Gasteiger partial charge in [0.2, 0.25) is 5.91 Å². The lowest BCUT2D eigenvalue weighted by molar-refractivity contribution is -0.116. The number of hydrogen-bond acceptors (Lipinski definition) is 4. The van der Waals surface area contributed by atoms with Crippen LogP contribution in [-0.4, -0.2) is 61.1 Å². The Bertz CT molecular complexity index is 818. The second-order valence-corrected chi connectivity index (χ2v) is 8.94. The van der Waals surface area contributed by atoms with Crippen molar-refractivity contribution in [2.24, 2.45) is 5.92 Å². The molecule has 0 radical (unpaired) electrons. The fourth-order valence-electron chi connectivity index (χ4n) is 4.93. The molecule has 4 rings (SSSR count). The molecule has 2 heterocycles. The van der Waals surface area contributed by atoms with Crippen LogP contribution in [0.15, 0.2) is 54.6 Å². The van der Waals surface area contributed by atoms with E-state index in [-0.39, 0.29) is 5.91 Å². The maximum Gasteiger partial charge on any atom is 0.224 e. The van der Waals surface area contributed by atoms with Gasteiger partial charge in [-0.25, -0.2) is 0 Å². The minimum absolute atomic E-state index is 0.116. The molecule has 2 aliphatic heterocycles. The Balaban J connectivity index is 1.36. The van der Waals surface area contributed by atoms with Crippen molar-refractivity contribution in [3.8, 4) is 0 Å². The molecule has 5 nitrogen and oxygen atoms in total. The van der Waals surface area contributed by atoms with Gasteiger partial charge in [0.05, 0.1) is 13.2 Å². The third-order valence-corrected chi connectivity index (χ3v) is 6.62. The Hall–Kier alpha value is -2.21. The Morgan fingerprint density at radius 2 is 1.77 bits per heavy atom. The van der Waals surface area contributed by atoms with Crippen molar-refractivity contribution >= 4 is 11.6 Å². The molecule has 0 unspecified atom stereocenters. The van der Waals surface area contributed by atoms with Gasteiger partial charge < -0.3 is 10.1 Å². The van der Waals surface area contributed by atoms with Crippen LogP contribution in [-0.2, 0) is 16.1 Å². The summed E-state index contributed by atoms with van der Waals surface area (Å²) in [6, 6.07) is 19.3. The fourth-order valence-corrected chi connectivity index (χ4v) is 4.93. The van der Waals surface area contributed by atoms with E-state index in [4.69, 9.17) is 4.74 Å². The molecule has 2 atom stereocenters. The summed E-state index contributed by atoms with van der Waals surface area (Å²) in [6.45, 7) is 8.88. The summed E-state index contributed by atoms with van der Waals surface area (Å²) in [5.74, 6) is 0.615. The van der Waals surface area contributed by atoms with Crippen molar-refractivity contribution in [1.29, 1.82) is 0 Å². The molecule has 2 saturated heterocycles. The predicted molar refractivity (Wildman–Crippen MR) is 125 cm³/mol. The van der Waals surface area contributed by atoms with E-state index in [0.29, 0.717) is 18.4 Å². The van der Waals surface area contributed by atoms with Crippen LogP contribution in [0, 0.1) is 12.8 Å². The number of hydrogen-bond donors (Lipinski definition) is 1. The summed E-state index contributed by atoms with van der Waals surface area (Å²) < 4.78 is 5.58. The van der Waals surface area contributed by atoms with Gasteiger partial charge >= 0.3 is 0 Å². The van der Waals surface area contributed by atoms with Crippen LogP contribution >= 0.6 is 0 Å². The van der Waals surface area contributed by atoms with Gasteiger partial charge in [-0.2, -0.15) is 0 Å². The number of piperidine rings is 1. The number of benzene rings is 2. The van der Waals surface area contributed by atoms with Crippen molar-refractivity contribution in [3.63, 3.8) is 0 Å². The number of anilines is 1. The van der Waals surface area contributed by atoms with E-state index in [1.165, 1.54) is 11.1 Å². The van der Waals surface area contributed by atoms with Gasteiger partial charge in [-0.1, -0.05) is 48.0 Å². The Labute approximate surface area is 186 Å². The number of nitrogens with one attached hydrogen (secondary N) is 1. The average Bonchev–Trinajstić information content (AvgIpc) is 2.81. The van der Waals surface area contributed by atoms with E-state index >= 15 is 0 Å². The van der Waals surface area contributed by atoms with Crippen LogP contribution in [0.3, 0.4) is 0 Å². The number of amides is 1. The largest absolute Gasteiger partial charge is 0.379 e. The van der Waals surface area contributed by atoms with E-state index in [2.05, 4.69) is 52.4 Å². The Morgan fingerprint density at radius 3 is 2.52 bits per heavy atom. The lowest BCUT2D eigenvalue weighted by Crippen LogP contribution is -2.53. The highest BCUT2D eigenvalue weighted by Gasteiger charge is 2.34. The van der Waals surface area contributed by atoms with Crippen LogP contribution in [0.4, 0.5) is 5.69 Å². The van der Waals surface area contributed by atoms with Gasteiger partial charge in [0, 0.05) is 44.3 Å². The van der Waals surface area contributed by atoms with Gasteiger partial charge in [-0.05, 0) is 49.9 Å². The fraction of sp³-hybridized carbons (Fsp3) is 0.500. The molecule has 1 amide bonds. The number of nitrogens with zero attached hydrogens (tertiary/aromatic N) is 2. The van der Waals surface area contributed by atoms with Crippen LogP contribution < -0.4 is 5.32 Å². The van der Waals surface area contributed by atoms with Crippen LogP contribution in [0.25, 0.3) is 0 Å². The monoisotopic (exact) mass is 421 g/mol. The lowest BCUT2D eigenvalue weighted by atomic mass is 9.86. The van der Waals surface area contributed by atoms with Crippen LogP contribution in [0.2, 0.25) is 0 Å². The van der Waals surface area contributed by atoms with Crippen molar-refractivity contribution in [2.75, 3.05) is 44.7 Å². The zero-order chi connectivity index (χ0) is 21.5. The van der Waals surface area contributed by atoms with E-state index in [0.717, 1.165) is 64.5 Å². The number of rotatable bonds is 7. The average molecular weight is 422 g/mol. The summed E-state index contributed by atoms with van der Waals surface area (Å²) >= 11 is 0. The molecule has 2 aromatic carbocycles. The molecule has 2 aromatic rings. The van der Waals surface area contributed by atoms with Gasteiger partial charge in [-0.15, -0.1) is 0 Å². The minimum Gasteiger partial charge on any atom is -0.379 e. The second-order valence-electron chi connectivity index (χ2n) is 8.94. The highest BCUT2D eigenvalue weighted by atomic mass is 16.5. The first-order chi connectivity index (χ1) is 15.2. The van der Waals surface area contributed by atoms with Gasteiger partial charge in [0.25, 0.3) is 0 Å². The summed E-state index contributed by atoms with van der Waals surface area (Å²) in [4.78, 5) is 17.8. The number of ether oxygens (including phenoxy) is 1. The molecule has 2 fully saturated rings. The summed E-state index contributed by atoms with van der Waals surface area (Å²) in [5.41, 5.74) is 3.45. The highest BCUT2D eigenvalue weighted by Crippen LogP contribution is 2.28. The van der Waals surface area contributed by atoms with Crippen LogP contribution in [0.1, 0.15) is 30.4 Å². The first-order valence-corrected chi connectivity index (χ1v) is 11.6. The third-order valence-electron chi connectivity index (χ3n) is 6.62. The molecule has 0 spiro atoms. The summed E-state index contributed by atoms with van der Waals surface area (Å²) in [7, 11) is 0. The standard InChI is InChI=1S/C26H35N3O2/c1-21-7-10-24(11-8-21)27-26(30)12-9-23-20-28(19-22-5-3-2-4-6-22)14-13-25(23)29-15-17-31-18-16-29/h2-8,10-11,23,25H,9,12-20H2,1H3,(H,27,30)/t23-,25+/m1/s1. The Morgan fingerprint density at radius 1 is 1.03 bits per heavy atom. The number of carbonyl (C=O) groups is 1. The van der Waals surface area contributed by atoms with Crippen LogP contribution in [0.5, 0.6) is 0 Å². The van der Waals surface area contributed by atoms with E-state index < -0.39 is 0 Å². The topological polar surface area (TPSA) is 44.8 Å². The number of morpholine rings is 1. The molecule has 1 N–H and O–H groups in total. The van der Waals surface area contributed by atoms with Gasteiger partial charge in [-0.3, -0.25) is 14.6 Å². The molecular formula is C26H35N3O2. The Kier molecular flexibility index (Phi) is 7.73. The molecule has 0 aliphatic carbocycles. The highest BCUT2D eigenvalue weighted by molar-refractivity contribution is 5.90. The molecule has 0 aromatic heterocycles. The predicted octanol–water partition coefficient (Wildman–Crippen LogP) is 3.94. The van der Waals surface area contributed by atoms with Gasteiger partial charge in [0.1, 0.15) is 0 Å². The SMILES string of the molecule is Cc1ccc(NC(=O)CC[C@@H]2CN(Cc3ccccc3)CC[C@@H]2N2CCOCC2)cc1. The van der Waals surface area contributed by atoms with E-state index in [9.17, 15) is 4.79 Å². The zero-order valence-corrected chi connectivity index (χ0v) is 18.6. The lowest BCUT2D eigenvalue weighted by Gasteiger charge is -2.45. The van der Waals surface area contributed by atoms with Crippen molar-refractivity contribution in [3.05, 3.63) is 65.7 Å². The van der Waals surface area contributed by atoms with Gasteiger partial charge in [0.15, 0.2) is 0 Å². The molecule has 5 heteroatoms. The van der Waals surface area contributed by atoms with E-state index in [1.807, 2.05) is 24.3 Å². The molecule has 166 valence electrons. The van der Waals surface area contributed by atoms with Crippen molar-refractivity contribution in [2.45, 2.75) is 38.8 Å². The normalized spacial score (nSPS) is 22.9. The molecule has 2 aliphatic rings. The molecule has 0 saturated carbocycles. The number of carbonyl (C=O) groups excluding carboxylic acids is 1. The summed E-state index contributed by atoms with van der Waals surface area (Å²) in [6.07, 6.45) is 2.65. The quantitative estimate of drug-likeness (QED) is 0.736.